The number of ether oxygens (including phenoxy) is 3. The molecular weight excluding hydrogens is 358 g/mol. The molecule has 0 bridgehead atoms. The maximum Gasteiger partial charge on any atom is 0.346 e. The predicted molar refractivity (Wildman–Crippen MR) is 105 cm³/mol. The largest absolute Gasteiger partial charge is 0.467 e. The van der Waals surface area contributed by atoms with Crippen molar-refractivity contribution in [3.05, 3.63) is 66.2 Å². The Labute approximate surface area is 165 Å². The third-order valence-corrected chi connectivity index (χ3v) is 5.65. The van der Waals surface area contributed by atoms with Gasteiger partial charge in [-0.15, -0.1) is 0 Å². The molecule has 6 heteroatoms. The van der Waals surface area contributed by atoms with Gasteiger partial charge in [-0.2, -0.15) is 0 Å². The van der Waals surface area contributed by atoms with E-state index in [1.54, 1.807) is 11.8 Å². The van der Waals surface area contributed by atoms with Gasteiger partial charge in [-0.1, -0.05) is 48.5 Å². The summed E-state index contributed by atoms with van der Waals surface area (Å²) in [5, 5.41) is 0. The highest BCUT2D eigenvalue weighted by atomic mass is 16.6. The summed E-state index contributed by atoms with van der Waals surface area (Å²) in [4.78, 5) is 28.2. The molecule has 148 valence electrons. The van der Waals surface area contributed by atoms with Crippen LogP contribution in [0.5, 0.6) is 0 Å². The van der Waals surface area contributed by atoms with E-state index in [-0.39, 0.29) is 6.04 Å². The second kappa shape index (κ2) is 7.64. The van der Waals surface area contributed by atoms with Gasteiger partial charge in [-0.25, -0.2) is 9.59 Å². The third-order valence-electron chi connectivity index (χ3n) is 5.65. The zero-order valence-electron chi connectivity index (χ0n) is 16.5. The summed E-state index contributed by atoms with van der Waals surface area (Å²) in [6.45, 7) is 1.75. The Morgan fingerprint density at radius 1 is 0.893 bits per heavy atom. The Morgan fingerprint density at radius 2 is 1.39 bits per heavy atom. The average Bonchev–Trinajstić information content (AvgIpc) is 3.04. The van der Waals surface area contributed by atoms with Crippen molar-refractivity contribution in [3.63, 3.8) is 0 Å². The van der Waals surface area contributed by atoms with Crippen LogP contribution in [0.25, 0.3) is 0 Å². The lowest BCUT2D eigenvalue weighted by Crippen LogP contribution is -2.69. The summed E-state index contributed by atoms with van der Waals surface area (Å²) in [5.74, 6) is -1.43. The molecule has 1 aliphatic heterocycles. The number of hydrogen-bond donors (Lipinski definition) is 0. The maximum atomic E-state index is 13.2. The van der Waals surface area contributed by atoms with Gasteiger partial charge in [0.1, 0.15) is 5.60 Å². The molecule has 0 aromatic heterocycles. The topological polar surface area (TPSA) is 65.1 Å². The van der Waals surface area contributed by atoms with Crippen LogP contribution in [-0.4, -0.2) is 44.4 Å². The quantitative estimate of drug-likeness (QED) is 0.584. The molecule has 2 aromatic rings. The first kappa shape index (κ1) is 19.9. The lowest BCUT2D eigenvalue weighted by atomic mass is 9.80. The fourth-order valence-corrected chi connectivity index (χ4v) is 4.24. The lowest BCUT2D eigenvalue weighted by Gasteiger charge is -2.43. The number of rotatable bonds is 5. The second-order valence-corrected chi connectivity index (χ2v) is 6.96. The van der Waals surface area contributed by atoms with Crippen LogP contribution in [-0.2, 0) is 23.8 Å². The number of para-hydroxylation sites is 1. The molecule has 0 spiro atoms. The predicted octanol–water partition coefficient (Wildman–Crippen LogP) is 3.13. The third kappa shape index (κ3) is 2.76. The van der Waals surface area contributed by atoms with Gasteiger partial charge in [0.2, 0.25) is 0 Å². The Hall–Kier alpha value is -2.86. The van der Waals surface area contributed by atoms with Gasteiger partial charge in [-0.3, -0.25) is 0 Å². The SMILES string of the molecule is COC(=O)C1(C(=O)OC)N(c2ccccc2)[C@H](c2ccccc2)C[C@@]1(C)OC. The molecule has 0 radical (unpaired) electrons. The van der Waals surface area contributed by atoms with E-state index in [1.807, 2.05) is 60.7 Å². The minimum absolute atomic E-state index is 0.299. The van der Waals surface area contributed by atoms with Crippen molar-refractivity contribution in [1.82, 2.24) is 0 Å². The first-order valence-electron chi connectivity index (χ1n) is 9.07. The number of anilines is 1. The van der Waals surface area contributed by atoms with E-state index in [2.05, 4.69) is 0 Å². The van der Waals surface area contributed by atoms with Crippen LogP contribution in [0, 0.1) is 0 Å². The monoisotopic (exact) mass is 383 g/mol. The summed E-state index contributed by atoms with van der Waals surface area (Å²) in [5.41, 5.74) is -1.31. The van der Waals surface area contributed by atoms with Crippen molar-refractivity contribution in [2.75, 3.05) is 26.2 Å². The van der Waals surface area contributed by atoms with E-state index < -0.39 is 23.1 Å². The maximum absolute atomic E-state index is 13.2. The molecule has 0 N–H and O–H groups in total. The molecule has 1 saturated heterocycles. The highest BCUT2D eigenvalue weighted by molar-refractivity contribution is 6.11. The Kier molecular flexibility index (Phi) is 5.42. The fraction of sp³-hybridized carbons (Fsp3) is 0.364. The van der Waals surface area contributed by atoms with Crippen LogP contribution >= 0.6 is 0 Å². The molecule has 6 nitrogen and oxygen atoms in total. The molecule has 0 saturated carbocycles. The van der Waals surface area contributed by atoms with Crippen molar-refractivity contribution in [3.8, 4) is 0 Å². The van der Waals surface area contributed by atoms with E-state index >= 15 is 0 Å². The van der Waals surface area contributed by atoms with Crippen LogP contribution in [0.3, 0.4) is 0 Å². The second-order valence-electron chi connectivity index (χ2n) is 6.96. The van der Waals surface area contributed by atoms with Gasteiger partial charge in [0.15, 0.2) is 0 Å². The average molecular weight is 383 g/mol. The number of esters is 2. The highest BCUT2D eigenvalue weighted by Crippen LogP contribution is 2.53. The fourth-order valence-electron chi connectivity index (χ4n) is 4.24. The van der Waals surface area contributed by atoms with Crippen molar-refractivity contribution < 1.29 is 23.8 Å². The smallest absolute Gasteiger partial charge is 0.346 e. The first-order chi connectivity index (χ1) is 13.5. The molecule has 2 atom stereocenters. The summed E-state index contributed by atoms with van der Waals surface area (Å²) >= 11 is 0. The van der Waals surface area contributed by atoms with Gasteiger partial charge in [0.25, 0.3) is 5.54 Å². The number of benzene rings is 2. The minimum atomic E-state index is -1.80. The van der Waals surface area contributed by atoms with E-state index in [1.165, 1.54) is 21.3 Å². The molecule has 3 rings (SSSR count). The first-order valence-corrected chi connectivity index (χ1v) is 9.07. The summed E-state index contributed by atoms with van der Waals surface area (Å²) in [6, 6.07) is 18.8. The van der Waals surface area contributed by atoms with Gasteiger partial charge < -0.3 is 19.1 Å². The van der Waals surface area contributed by atoms with Gasteiger partial charge >= 0.3 is 11.9 Å². The van der Waals surface area contributed by atoms with E-state index in [4.69, 9.17) is 14.2 Å². The van der Waals surface area contributed by atoms with Crippen molar-refractivity contribution in [2.24, 2.45) is 0 Å². The van der Waals surface area contributed by atoms with Crippen molar-refractivity contribution in [2.45, 2.75) is 30.5 Å². The molecule has 28 heavy (non-hydrogen) atoms. The lowest BCUT2D eigenvalue weighted by molar-refractivity contribution is -0.174. The van der Waals surface area contributed by atoms with Crippen molar-refractivity contribution in [1.29, 1.82) is 0 Å². The summed E-state index contributed by atoms with van der Waals surface area (Å²) in [7, 11) is 4.03. The zero-order valence-corrected chi connectivity index (χ0v) is 16.5. The Balaban J connectivity index is 2.34. The number of hydrogen-bond acceptors (Lipinski definition) is 6. The summed E-state index contributed by atoms with van der Waals surface area (Å²) in [6.07, 6.45) is 0.395. The van der Waals surface area contributed by atoms with Crippen LogP contribution in [0.2, 0.25) is 0 Å². The molecule has 1 heterocycles. The standard InChI is InChI=1S/C22H25NO5/c1-21(28-4)15-18(16-11-7-5-8-12-16)23(17-13-9-6-10-14-17)22(21,19(24)26-2)20(25)27-3/h5-14,18H,15H2,1-4H3/t18-,21+/m0/s1. The normalized spacial score (nSPS) is 23.3. The van der Waals surface area contributed by atoms with Gasteiger partial charge in [0.05, 0.1) is 20.3 Å². The van der Waals surface area contributed by atoms with Gasteiger partial charge in [-0.05, 0) is 24.6 Å². The van der Waals surface area contributed by atoms with Crippen molar-refractivity contribution >= 4 is 17.6 Å². The van der Waals surface area contributed by atoms with Gasteiger partial charge in [0, 0.05) is 19.2 Å². The summed E-state index contributed by atoms with van der Waals surface area (Å²) < 4.78 is 16.1. The highest BCUT2D eigenvalue weighted by Gasteiger charge is 2.72. The number of carbonyl (C=O) groups excluding carboxylic acids is 2. The van der Waals surface area contributed by atoms with Crippen LogP contribution in [0.1, 0.15) is 24.9 Å². The molecule has 1 fully saturated rings. The molecule has 0 amide bonds. The number of nitrogens with zero attached hydrogens (tertiary/aromatic N) is 1. The molecule has 1 aliphatic rings. The molecule has 0 unspecified atom stereocenters. The van der Waals surface area contributed by atoms with Crippen LogP contribution in [0.4, 0.5) is 5.69 Å². The number of methoxy groups -OCH3 is 3. The van der Waals surface area contributed by atoms with E-state index in [0.717, 1.165) is 5.56 Å². The van der Waals surface area contributed by atoms with Crippen LogP contribution in [0.15, 0.2) is 60.7 Å². The van der Waals surface area contributed by atoms with Crippen LogP contribution < -0.4 is 4.90 Å². The zero-order chi connectivity index (χ0) is 20.4. The minimum Gasteiger partial charge on any atom is -0.467 e. The number of carbonyl (C=O) groups is 2. The Bertz CT molecular complexity index is 823. The molecular formula is C22H25NO5. The Morgan fingerprint density at radius 3 is 1.86 bits per heavy atom. The van der Waals surface area contributed by atoms with E-state index in [9.17, 15) is 9.59 Å². The molecule has 2 aromatic carbocycles. The molecule has 0 aliphatic carbocycles. The van der Waals surface area contributed by atoms with E-state index in [0.29, 0.717) is 12.1 Å².